The first-order valence-corrected chi connectivity index (χ1v) is 7.64. The lowest BCUT2D eigenvalue weighted by molar-refractivity contribution is 0.401. The number of anilines is 1. The van der Waals surface area contributed by atoms with E-state index in [9.17, 15) is 0 Å². The van der Waals surface area contributed by atoms with E-state index in [1.807, 2.05) is 31.4 Å². The molecule has 1 aliphatic rings. The molecule has 112 valence electrons. The Balaban J connectivity index is 1.96. The van der Waals surface area contributed by atoms with E-state index < -0.39 is 0 Å². The Bertz CT molecular complexity index is 612. The molecule has 1 unspecified atom stereocenters. The van der Waals surface area contributed by atoms with Crippen LogP contribution >= 0.6 is 0 Å². The van der Waals surface area contributed by atoms with Crippen LogP contribution in [0.5, 0.6) is 5.75 Å². The molecule has 2 aromatic rings. The van der Waals surface area contributed by atoms with E-state index in [-0.39, 0.29) is 0 Å². The number of ether oxygens (including phenoxy) is 1. The van der Waals surface area contributed by atoms with Gasteiger partial charge in [0.15, 0.2) is 0 Å². The number of hydrogen-bond donors (Lipinski definition) is 1. The van der Waals surface area contributed by atoms with Gasteiger partial charge in [-0.2, -0.15) is 0 Å². The molecule has 1 aromatic carbocycles. The predicted octanol–water partition coefficient (Wildman–Crippen LogP) is 2.68. The van der Waals surface area contributed by atoms with Crippen molar-refractivity contribution in [3.63, 3.8) is 0 Å². The van der Waals surface area contributed by atoms with Crippen molar-refractivity contribution < 1.29 is 4.74 Å². The van der Waals surface area contributed by atoms with Crippen molar-refractivity contribution in [2.24, 2.45) is 5.92 Å². The molecule has 0 aliphatic carbocycles. The highest BCUT2D eigenvalue weighted by Gasteiger charge is 2.22. The molecule has 4 nitrogen and oxygen atoms in total. The molecule has 0 radical (unpaired) electrons. The van der Waals surface area contributed by atoms with Crippen molar-refractivity contribution >= 4 is 16.6 Å². The second-order valence-electron chi connectivity index (χ2n) is 5.70. The number of nitrogens with one attached hydrogen (secondary N) is 1. The van der Waals surface area contributed by atoms with E-state index in [4.69, 9.17) is 4.74 Å². The highest BCUT2D eigenvalue weighted by Crippen LogP contribution is 2.32. The fourth-order valence-corrected chi connectivity index (χ4v) is 3.31. The third-order valence-corrected chi connectivity index (χ3v) is 4.28. The summed E-state index contributed by atoms with van der Waals surface area (Å²) < 4.78 is 5.47. The second kappa shape index (κ2) is 6.31. The Labute approximate surface area is 126 Å². The number of fused-ring (bicyclic) bond motifs is 1. The first kappa shape index (κ1) is 14.1. The zero-order valence-corrected chi connectivity index (χ0v) is 12.8. The average Bonchev–Trinajstić information content (AvgIpc) is 2.54. The summed E-state index contributed by atoms with van der Waals surface area (Å²) in [4.78, 5) is 7.07. The number of methoxy groups -OCH3 is 1. The molecule has 1 fully saturated rings. The zero-order chi connectivity index (χ0) is 14.7. The van der Waals surface area contributed by atoms with Gasteiger partial charge in [0.05, 0.1) is 7.11 Å². The zero-order valence-electron chi connectivity index (χ0n) is 12.8. The van der Waals surface area contributed by atoms with Crippen LogP contribution in [-0.2, 0) is 0 Å². The molecule has 4 heteroatoms. The van der Waals surface area contributed by atoms with Gasteiger partial charge in [-0.3, -0.25) is 0 Å². The summed E-state index contributed by atoms with van der Waals surface area (Å²) in [5, 5.41) is 5.62. The van der Waals surface area contributed by atoms with Gasteiger partial charge in [-0.05, 0) is 44.5 Å². The lowest BCUT2D eigenvalue weighted by Crippen LogP contribution is -2.39. The van der Waals surface area contributed by atoms with Crippen molar-refractivity contribution in [1.82, 2.24) is 10.3 Å². The Kier molecular flexibility index (Phi) is 4.25. The maximum Gasteiger partial charge on any atom is 0.136 e. The smallest absolute Gasteiger partial charge is 0.136 e. The third kappa shape index (κ3) is 2.81. The summed E-state index contributed by atoms with van der Waals surface area (Å²) in [6, 6.07) is 8.22. The highest BCUT2D eigenvalue weighted by atomic mass is 16.5. The van der Waals surface area contributed by atoms with E-state index in [0.717, 1.165) is 36.6 Å². The number of pyridine rings is 1. The van der Waals surface area contributed by atoms with Crippen LogP contribution in [0.4, 0.5) is 5.82 Å². The molecule has 0 amide bonds. The fourth-order valence-electron chi connectivity index (χ4n) is 3.31. The van der Waals surface area contributed by atoms with Gasteiger partial charge < -0.3 is 15.0 Å². The number of benzene rings is 1. The van der Waals surface area contributed by atoms with Gasteiger partial charge in [-0.25, -0.2) is 4.98 Å². The van der Waals surface area contributed by atoms with Crippen molar-refractivity contribution in [3.05, 3.63) is 30.5 Å². The van der Waals surface area contributed by atoms with Gasteiger partial charge in [-0.15, -0.1) is 0 Å². The van der Waals surface area contributed by atoms with Crippen LogP contribution < -0.4 is 15.0 Å². The number of hydrogen-bond acceptors (Lipinski definition) is 4. The summed E-state index contributed by atoms with van der Waals surface area (Å²) >= 11 is 0. The first-order chi connectivity index (χ1) is 10.3. The van der Waals surface area contributed by atoms with Gasteiger partial charge in [0.25, 0.3) is 0 Å². The van der Waals surface area contributed by atoms with Crippen LogP contribution in [0.2, 0.25) is 0 Å². The Morgan fingerprint density at radius 3 is 3.05 bits per heavy atom. The van der Waals surface area contributed by atoms with E-state index in [1.54, 1.807) is 7.11 Å². The molecule has 0 spiro atoms. The Morgan fingerprint density at radius 1 is 1.33 bits per heavy atom. The van der Waals surface area contributed by atoms with Gasteiger partial charge >= 0.3 is 0 Å². The number of rotatable bonds is 4. The molecule has 1 atom stereocenters. The van der Waals surface area contributed by atoms with Crippen LogP contribution in [-0.4, -0.2) is 38.8 Å². The minimum absolute atomic E-state index is 0.700. The lowest BCUT2D eigenvalue weighted by Gasteiger charge is -2.34. The topological polar surface area (TPSA) is 37.4 Å². The van der Waals surface area contributed by atoms with E-state index in [0.29, 0.717) is 5.92 Å². The summed E-state index contributed by atoms with van der Waals surface area (Å²) in [7, 11) is 3.75. The first-order valence-electron chi connectivity index (χ1n) is 7.64. The summed E-state index contributed by atoms with van der Waals surface area (Å²) in [5.41, 5.74) is 0. The largest absolute Gasteiger partial charge is 0.496 e. The molecule has 2 heterocycles. The minimum Gasteiger partial charge on any atom is -0.496 e. The second-order valence-corrected chi connectivity index (χ2v) is 5.70. The fraction of sp³-hybridized carbons (Fsp3) is 0.471. The average molecular weight is 285 g/mol. The van der Waals surface area contributed by atoms with Crippen molar-refractivity contribution in [3.8, 4) is 5.75 Å². The highest BCUT2D eigenvalue weighted by molar-refractivity contribution is 5.96. The minimum atomic E-state index is 0.700. The van der Waals surface area contributed by atoms with Crippen molar-refractivity contribution in [2.75, 3.05) is 38.7 Å². The maximum absolute atomic E-state index is 5.47. The number of piperidine rings is 1. The van der Waals surface area contributed by atoms with Crippen molar-refractivity contribution in [1.29, 1.82) is 0 Å². The van der Waals surface area contributed by atoms with Gasteiger partial charge in [0, 0.05) is 30.1 Å². The van der Waals surface area contributed by atoms with Gasteiger partial charge in [0.2, 0.25) is 0 Å². The van der Waals surface area contributed by atoms with Crippen LogP contribution in [0.25, 0.3) is 10.8 Å². The lowest BCUT2D eigenvalue weighted by atomic mass is 9.97. The molecule has 21 heavy (non-hydrogen) atoms. The van der Waals surface area contributed by atoms with E-state index >= 15 is 0 Å². The predicted molar refractivity (Wildman–Crippen MR) is 87.2 cm³/mol. The standard InChI is InChI=1S/C17H23N3O/c1-18-11-13-5-4-10-20(12-13)17-15-6-3-7-16(21-2)14(15)8-9-19-17/h3,6-9,13,18H,4-5,10-12H2,1-2H3. The molecule has 1 aromatic heterocycles. The quantitative estimate of drug-likeness (QED) is 0.937. The molecule has 0 saturated carbocycles. The molecule has 0 bridgehead atoms. The Morgan fingerprint density at radius 2 is 2.24 bits per heavy atom. The van der Waals surface area contributed by atoms with Crippen molar-refractivity contribution in [2.45, 2.75) is 12.8 Å². The van der Waals surface area contributed by atoms with E-state index in [1.165, 1.54) is 18.2 Å². The van der Waals surface area contributed by atoms with E-state index in [2.05, 4.69) is 21.3 Å². The molecule has 1 N–H and O–H groups in total. The summed E-state index contributed by atoms with van der Waals surface area (Å²) in [6.07, 6.45) is 4.42. The van der Waals surface area contributed by atoms with Crippen LogP contribution in [0, 0.1) is 5.92 Å². The summed E-state index contributed by atoms with van der Waals surface area (Å²) in [6.45, 7) is 3.23. The van der Waals surface area contributed by atoms with Crippen LogP contribution in [0.15, 0.2) is 30.5 Å². The maximum atomic E-state index is 5.47. The summed E-state index contributed by atoms with van der Waals surface area (Å²) in [5.74, 6) is 2.71. The molecule has 1 aliphatic heterocycles. The molecule has 1 saturated heterocycles. The number of nitrogens with zero attached hydrogens (tertiary/aromatic N) is 2. The monoisotopic (exact) mass is 285 g/mol. The van der Waals surface area contributed by atoms with Gasteiger partial charge in [0.1, 0.15) is 11.6 Å². The third-order valence-electron chi connectivity index (χ3n) is 4.28. The molecule has 3 rings (SSSR count). The Hall–Kier alpha value is -1.81. The van der Waals surface area contributed by atoms with Crippen LogP contribution in [0.3, 0.4) is 0 Å². The van der Waals surface area contributed by atoms with Gasteiger partial charge in [-0.1, -0.05) is 12.1 Å². The van der Waals surface area contributed by atoms with Crippen LogP contribution in [0.1, 0.15) is 12.8 Å². The number of aromatic nitrogens is 1. The SMILES string of the molecule is CNCC1CCCN(c2nccc3c(OC)cccc23)C1. The molecular formula is C17H23N3O. The molecular weight excluding hydrogens is 262 g/mol. The normalized spacial score (nSPS) is 19.0.